The lowest BCUT2D eigenvalue weighted by Crippen LogP contribution is -1.90. The molecule has 1 heteroatoms. The average molecular weight is 610 g/mol. The molecule has 9 rings (SSSR count). The van der Waals surface area contributed by atoms with Gasteiger partial charge in [-0.3, -0.25) is 4.98 Å². The molecule has 0 saturated heterocycles. The van der Waals surface area contributed by atoms with Crippen LogP contribution in [0.25, 0.3) is 88.1 Å². The van der Waals surface area contributed by atoms with E-state index in [1.54, 1.807) is 0 Å². The summed E-state index contributed by atoms with van der Waals surface area (Å²) in [6, 6.07) is 65.6. The Balaban J connectivity index is 1.15. The third kappa shape index (κ3) is 4.85. The SMILES string of the molecule is c1ccc(-c2ccc(-c3ccc(-c4cccc(-c5ccnc(-c6cccc7ccccc67)c5)c4)c4ccccc34)c3ccccc23)cc1. The summed E-state index contributed by atoms with van der Waals surface area (Å²) in [5.41, 5.74) is 11.9. The van der Waals surface area contributed by atoms with Crippen molar-refractivity contribution in [3.8, 4) is 55.8 Å². The highest BCUT2D eigenvalue weighted by atomic mass is 14.7. The number of hydrogen-bond donors (Lipinski definition) is 0. The molecule has 9 aromatic rings. The molecule has 224 valence electrons. The van der Waals surface area contributed by atoms with Gasteiger partial charge in [-0.25, -0.2) is 0 Å². The first kappa shape index (κ1) is 28.0. The Hall–Kier alpha value is -6.31. The van der Waals surface area contributed by atoms with E-state index in [1.807, 2.05) is 6.20 Å². The second kappa shape index (κ2) is 11.8. The van der Waals surface area contributed by atoms with E-state index in [9.17, 15) is 0 Å². The summed E-state index contributed by atoms with van der Waals surface area (Å²) in [5.74, 6) is 0. The molecular formula is C47H31N. The van der Waals surface area contributed by atoms with E-state index in [0.717, 1.165) is 16.8 Å². The van der Waals surface area contributed by atoms with Gasteiger partial charge in [0.25, 0.3) is 0 Å². The molecule has 48 heavy (non-hydrogen) atoms. The van der Waals surface area contributed by atoms with Crippen molar-refractivity contribution in [2.24, 2.45) is 0 Å². The Morgan fingerprint density at radius 1 is 0.271 bits per heavy atom. The quantitative estimate of drug-likeness (QED) is 0.189. The minimum absolute atomic E-state index is 0.981. The van der Waals surface area contributed by atoms with Crippen LogP contribution < -0.4 is 0 Å². The zero-order valence-corrected chi connectivity index (χ0v) is 26.3. The minimum atomic E-state index is 0.981. The summed E-state index contributed by atoms with van der Waals surface area (Å²) >= 11 is 0. The zero-order chi connectivity index (χ0) is 31.9. The lowest BCUT2D eigenvalue weighted by Gasteiger charge is -2.16. The Morgan fingerprint density at radius 2 is 0.750 bits per heavy atom. The number of rotatable bonds is 5. The molecule has 8 aromatic carbocycles. The lowest BCUT2D eigenvalue weighted by molar-refractivity contribution is 1.33. The summed E-state index contributed by atoms with van der Waals surface area (Å²) in [6.07, 6.45) is 1.93. The van der Waals surface area contributed by atoms with E-state index in [1.165, 1.54) is 71.3 Å². The summed E-state index contributed by atoms with van der Waals surface area (Å²) in [5, 5.41) is 7.46. The summed E-state index contributed by atoms with van der Waals surface area (Å²) in [6.45, 7) is 0. The number of benzene rings is 8. The molecule has 0 saturated carbocycles. The van der Waals surface area contributed by atoms with Gasteiger partial charge in [0.1, 0.15) is 0 Å². The van der Waals surface area contributed by atoms with Crippen molar-refractivity contribution in [3.05, 3.63) is 188 Å². The van der Waals surface area contributed by atoms with Gasteiger partial charge < -0.3 is 0 Å². The second-order valence-electron chi connectivity index (χ2n) is 12.3. The van der Waals surface area contributed by atoms with Crippen molar-refractivity contribution in [2.45, 2.75) is 0 Å². The maximum Gasteiger partial charge on any atom is 0.0714 e. The highest BCUT2D eigenvalue weighted by Gasteiger charge is 2.15. The molecule has 0 aliphatic heterocycles. The van der Waals surface area contributed by atoms with Crippen molar-refractivity contribution >= 4 is 32.3 Å². The molecule has 0 bridgehead atoms. The van der Waals surface area contributed by atoms with Gasteiger partial charge in [-0.15, -0.1) is 0 Å². The number of fused-ring (bicyclic) bond motifs is 3. The van der Waals surface area contributed by atoms with Crippen LogP contribution in [0.15, 0.2) is 188 Å². The van der Waals surface area contributed by atoms with E-state index in [4.69, 9.17) is 4.98 Å². The largest absolute Gasteiger partial charge is 0.256 e. The van der Waals surface area contributed by atoms with E-state index in [2.05, 4.69) is 182 Å². The Labute approximate surface area is 280 Å². The smallest absolute Gasteiger partial charge is 0.0714 e. The van der Waals surface area contributed by atoms with Crippen molar-refractivity contribution in [2.75, 3.05) is 0 Å². The van der Waals surface area contributed by atoms with Crippen LogP contribution in [-0.4, -0.2) is 4.98 Å². The standard InChI is InChI=1S/C47H31N/c1-2-12-32(13-3-1)38-24-26-44(42-21-8-6-19-40(38)42)45-27-25-39(41-20-7-9-22-43(41)45)36-17-10-16-34(30-36)35-28-29-48-47(31-35)46-23-11-15-33-14-4-5-18-37(33)46/h1-31H. The molecular weight excluding hydrogens is 579 g/mol. The van der Waals surface area contributed by atoms with E-state index in [-0.39, 0.29) is 0 Å². The summed E-state index contributed by atoms with van der Waals surface area (Å²) in [7, 11) is 0. The van der Waals surface area contributed by atoms with E-state index >= 15 is 0 Å². The van der Waals surface area contributed by atoms with Crippen molar-refractivity contribution < 1.29 is 0 Å². The molecule has 0 spiro atoms. The van der Waals surface area contributed by atoms with Crippen molar-refractivity contribution in [1.29, 1.82) is 0 Å². The first-order valence-electron chi connectivity index (χ1n) is 16.5. The number of aromatic nitrogens is 1. The predicted molar refractivity (Wildman–Crippen MR) is 204 cm³/mol. The van der Waals surface area contributed by atoms with Gasteiger partial charge in [0.15, 0.2) is 0 Å². The van der Waals surface area contributed by atoms with E-state index < -0.39 is 0 Å². The average Bonchev–Trinajstić information content (AvgIpc) is 3.17. The predicted octanol–water partition coefficient (Wildman–Crippen LogP) is 12.9. The first-order valence-corrected chi connectivity index (χ1v) is 16.5. The van der Waals surface area contributed by atoms with Gasteiger partial charge in [0.2, 0.25) is 0 Å². The third-order valence-corrected chi connectivity index (χ3v) is 9.56. The van der Waals surface area contributed by atoms with Crippen LogP contribution in [0.4, 0.5) is 0 Å². The second-order valence-corrected chi connectivity index (χ2v) is 12.3. The van der Waals surface area contributed by atoms with Gasteiger partial charge >= 0.3 is 0 Å². The number of hydrogen-bond acceptors (Lipinski definition) is 1. The Bertz CT molecular complexity index is 2610. The van der Waals surface area contributed by atoms with Gasteiger partial charge in [-0.05, 0) is 95.0 Å². The van der Waals surface area contributed by atoms with Crippen LogP contribution in [0.3, 0.4) is 0 Å². The molecule has 0 fully saturated rings. The molecule has 0 atom stereocenters. The van der Waals surface area contributed by atoms with E-state index in [0.29, 0.717) is 0 Å². The van der Waals surface area contributed by atoms with Crippen LogP contribution in [0.5, 0.6) is 0 Å². The Kier molecular flexibility index (Phi) is 6.87. The lowest BCUT2D eigenvalue weighted by atomic mass is 9.87. The van der Waals surface area contributed by atoms with Crippen molar-refractivity contribution in [3.63, 3.8) is 0 Å². The van der Waals surface area contributed by atoms with Crippen LogP contribution >= 0.6 is 0 Å². The van der Waals surface area contributed by atoms with Gasteiger partial charge in [-0.1, -0.05) is 164 Å². The van der Waals surface area contributed by atoms with Gasteiger partial charge in [-0.2, -0.15) is 0 Å². The first-order chi connectivity index (χ1) is 23.8. The summed E-state index contributed by atoms with van der Waals surface area (Å²) in [4.78, 5) is 4.79. The van der Waals surface area contributed by atoms with Crippen LogP contribution in [0.2, 0.25) is 0 Å². The molecule has 0 aliphatic carbocycles. The molecule has 0 radical (unpaired) electrons. The Morgan fingerprint density at radius 3 is 1.46 bits per heavy atom. The van der Waals surface area contributed by atoms with Gasteiger partial charge in [0, 0.05) is 11.8 Å². The molecule has 1 aromatic heterocycles. The molecule has 0 aliphatic rings. The van der Waals surface area contributed by atoms with Crippen molar-refractivity contribution in [1.82, 2.24) is 4.98 Å². The molecule has 1 heterocycles. The fraction of sp³-hybridized carbons (Fsp3) is 0. The maximum atomic E-state index is 4.79. The third-order valence-electron chi connectivity index (χ3n) is 9.56. The zero-order valence-electron chi connectivity index (χ0n) is 26.3. The molecule has 0 amide bonds. The monoisotopic (exact) mass is 609 g/mol. The van der Waals surface area contributed by atoms with Crippen LogP contribution in [-0.2, 0) is 0 Å². The topological polar surface area (TPSA) is 12.9 Å². The summed E-state index contributed by atoms with van der Waals surface area (Å²) < 4.78 is 0. The van der Waals surface area contributed by atoms with Crippen LogP contribution in [0, 0.1) is 0 Å². The maximum absolute atomic E-state index is 4.79. The highest BCUT2D eigenvalue weighted by Crippen LogP contribution is 2.41. The number of pyridine rings is 1. The molecule has 0 unspecified atom stereocenters. The number of nitrogens with zero attached hydrogens (tertiary/aromatic N) is 1. The van der Waals surface area contributed by atoms with Gasteiger partial charge in [0.05, 0.1) is 5.69 Å². The highest BCUT2D eigenvalue weighted by molar-refractivity contribution is 6.12. The molecule has 1 nitrogen and oxygen atoms in total. The molecule has 0 N–H and O–H groups in total. The normalized spacial score (nSPS) is 11.3. The fourth-order valence-corrected chi connectivity index (χ4v) is 7.26. The fourth-order valence-electron chi connectivity index (χ4n) is 7.26. The van der Waals surface area contributed by atoms with Crippen LogP contribution in [0.1, 0.15) is 0 Å². The minimum Gasteiger partial charge on any atom is -0.256 e.